The zero-order valence-corrected chi connectivity index (χ0v) is 15.6. The van der Waals surface area contributed by atoms with E-state index in [2.05, 4.69) is 9.98 Å². The number of carboxylic acid groups (broad SMARTS) is 1. The molecule has 5 N–H and O–H groups in total. The SMILES string of the molecule is CC(=O)O.Oc1ccc(O)c(C=NCCN=Cc2cc(O)ccc2O)c1.[Mn+2]. The van der Waals surface area contributed by atoms with Crippen LogP contribution in [0.2, 0.25) is 0 Å². The van der Waals surface area contributed by atoms with Crippen LogP contribution in [0.1, 0.15) is 18.1 Å². The van der Waals surface area contributed by atoms with Crippen LogP contribution in [0, 0.1) is 0 Å². The predicted molar refractivity (Wildman–Crippen MR) is 97.8 cm³/mol. The average molecular weight is 415 g/mol. The van der Waals surface area contributed by atoms with E-state index in [1.807, 2.05) is 0 Å². The van der Waals surface area contributed by atoms with E-state index in [1.54, 1.807) is 0 Å². The fraction of sp³-hybridized carbons (Fsp3) is 0.167. The first-order valence-electron chi connectivity index (χ1n) is 7.52. The topological polar surface area (TPSA) is 143 Å². The first-order valence-corrected chi connectivity index (χ1v) is 7.52. The zero-order valence-electron chi connectivity index (χ0n) is 14.4. The van der Waals surface area contributed by atoms with Crippen LogP contribution < -0.4 is 0 Å². The van der Waals surface area contributed by atoms with Crippen molar-refractivity contribution >= 4 is 18.4 Å². The number of carbonyl (C=O) groups is 1. The van der Waals surface area contributed by atoms with Crippen molar-refractivity contribution in [3.05, 3.63) is 47.5 Å². The monoisotopic (exact) mass is 415 g/mol. The Morgan fingerprint density at radius 1 is 0.852 bits per heavy atom. The van der Waals surface area contributed by atoms with E-state index in [0.717, 1.165) is 6.92 Å². The number of rotatable bonds is 5. The van der Waals surface area contributed by atoms with Gasteiger partial charge in [-0.25, -0.2) is 0 Å². The van der Waals surface area contributed by atoms with Crippen LogP contribution in [0.25, 0.3) is 0 Å². The molecule has 0 saturated carbocycles. The summed E-state index contributed by atoms with van der Waals surface area (Å²) in [6.07, 6.45) is 2.91. The van der Waals surface area contributed by atoms with E-state index in [0.29, 0.717) is 24.2 Å². The van der Waals surface area contributed by atoms with Gasteiger partial charge >= 0.3 is 17.1 Å². The second kappa shape index (κ2) is 12.3. The van der Waals surface area contributed by atoms with Crippen molar-refractivity contribution in [3.8, 4) is 23.0 Å². The van der Waals surface area contributed by atoms with Gasteiger partial charge in [-0.2, -0.15) is 0 Å². The number of hydrogen-bond donors (Lipinski definition) is 5. The van der Waals surface area contributed by atoms with Gasteiger partial charge in [0.1, 0.15) is 23.0 Å². The Hall–Kier alpha value is -3.03. The van der Waals surface area contributed by atoms with Crippen LogP contribution in [-0.2, 0) is 21.9 Å². The zero-order chi connectivity index (χ0) is 19.5. The minimum Gasteiger partial charge on any atom is -0.508 e. The fourth-order valence-electron chi connectivity index (χ4n) is 1.73. The molecule has 0 unspecified atom stereocenters. The predicted octanol–water partition coefficient (Wildman–Crippen LogP) is 2.14. The molecule has 0 fully saturated rings. The van der Waals surface area contributed by atoms with E-state index >= 15 is 0 Å². The summed E-state index contributed by atoms with van der Waals surface area (Å²) in [6, 6.07) is 8.37. The van der Waals surface area contributed by atoms with Crippen molar-refractivity contribution in [1.82, 2.24) is 0 Å². The first kappa shape index (κ1) is 24.0. The molecule has 0 aliphatic carbocycles. The maximum atomic E-state index is 9.56. The molecule has 2 aromatic rings. The Balaban J connectivity index is 0.00000123. The maximum absolute atomic E-state index is 9.56. The van der Waals surface area contributed by atoms with Crippen molar-refractivity contribution in [3.63, 3.8) is 0 Å². The Kier molecular flexibility index (Phi) is 11.0. The number of aromatic hydroxyl groups is 4. The van der Waals surface area contributed by atoms with E-state index in [9.17, 15) is 20.4 Å². The summed E-state index contributed by atoms with van der Waals surface area (Å²) < 4.78 is 0. The van der Waals surface area contributed by atoms with Crippen molar-refractivity contribution < 1.29 is 47.4 Å². The summed E-state index contributed by atoms with van der Waals surface area (Å²) in [5.41, 5.74) is 0.851. The van der Waals surface area contributed by atoms with Gasteiger partial charge in [0.2, 0.25) is 0 Å². The summed E-state index contributed by atoms with van der Waals surface area (Å²) in [6.45, 7) is 1.84. The second-order valence-electron chi connectivity index (χ2n) is 5.08. The molecule has 2 rings (SSSR count). The molecule has 0 spiro atoms. The smallest absolute Gasteiger partial charge is 0.508 e. The third-order valence-corrected chi connectivity index (χ3v) is 2.84. The van der Waals surface area contributed by atoms with Gasteiger partial charge in [-0.05, 0) is 36.4 Å². The van der Waals surface area contributed by atoms with Gasteiger partial charge in [0.25, 0.3) is 5.97 Å². The number of benzene rings is 2. The van der Waals surface area contributed by atoms with Crippen molar-refractivity contribution in [2.24, 2.45) is 9.98 Å². The largest absolute Gasteiger partial charge is 2.00 e. The van der Waals surface area contributed by atoms with E-state index in [-0.39, 0.29) is 40.1 Å². The molecule has 0 saturated heterocycles. The van der Waals surface area contributed by atoms with Crippen LogP contribution in [0.3, 0.4) is 0 Å². The molecule has 2 aromatic carbocycles. The number of phenolic OH excluding ortho intramolecular Hbond substituents is 4. The molecule has 9 heteroatoms. The molecule has 8 nitrogen and oxygen atoms in total. The minimum atomic E-state index is -0.833. The summed E-state index contributed by atoms with van der Waals surface area (Å²) in [7, 11) is 0. The number of nitrogens with zero attached hydrogens (tertiary/aromatic N) is 2. The van der Waals surface area contributed by atoms with E-state index in [1.165, 1.54) is 48.8 Å². The Bertz CT molecular complexity index is 743. The number of aliphatic imine (C=N–C) groups is 2. The third kappa shape index (κ3) is 9.88. The fourth-order valence-corrected chi connectivity index (χ4v) is 1.73. The van der Waals surface area contributed by atoms with Crippen LogP contribution in [0.5, 0.6) is 23.0 Å². The molecule has 0 aliphatic heterocycles. The molecular weight excluding hydrogens is 395 g/mol. The summed E-state index contributed by atoms with van der Waals surface area (Å²) >= 11 is 0. The van der Waals surface area contributed by atoms with Crippen molar-refractivity contribution in [1.29, 1.82) is 0 Å². The number of carboxylic acids is 1. The third-order valence-electron chi connectivity index (χ3n) is 2.84. The summed E-state index contributed by atoms with van der Waals surface area (Å²) in [5.74, 6) is -0.655. The molecule has 0 aromatic heterocycles. The van der Waals surface area contributed by atoms with Gasteiger partial charge in [-0.1, -0.05) is 0 Å². The Morgan fingerprint density at radius 3 is 1.52 bits per heavy atom. The van der Waals surface area contributed by atoms with Gasteiger partial charge in [0, 0.05) is 30.5 Å². The minimum absolute atomic E-state index is 0. The van der Waals surface area contributed by atoms with E-state index < -0.39 is 5.97 Å². The van der Waals surface area contributed by atoms with Crippen LogP contribution in [-0.4, -0.2) is 57.0 Å². The van der Waals surface area contributed by atoms with Crippen LogP contribution in [0.4, 0.5) is 0 Å². The maximum Gasteiger partial charge on any atom is 2.00 e. The molecule has 0 amide bonds. The van der Waals surface area contributed by atoms with Crippen molar-refractivity contribution in [2.75, 3.05) is 13.1 Å². The molecule has 0 bridgehead atoms. The molecule has 27 heavy (non-hydrogen) atoms. The molecule has 0 heterocycles. The standard InChI is InChI=1S/C16H16N2O4.C2H4O2.Mn/c19-13-1-3-15(21)11(7-13)9-17-5-6-18-10-12-8-14(20)2-4-16(12)22;1-2(3)4;/h1-4,7-10,19-22H,5-6H2;1H3,(H,3,4);/q;;+2. The van der Waals surface area contributed by atoms with Crippen LogP contribution in [0.15, 0.2) is 46.4 Å². The van der Waals surface area contributed by atoms with Gasteiger partial charge in [0.05, 0.1) is 13.1 Å². The average Bonchev–Trinajstić information content (AvgIpc) is 2.56. The molecular formula is C18H20MnN2O6+2. The van der Waals surface area contributed by atoms with Crippen LogP contribution >= 0.6 is 0 Å². The van der Waals surface area contributed by atoms with Gasteiger partial charge in [0.15, 0.2) is 0 Å². The number of aliphatic carboxylic acids is 1. The summed E-state index contributed by atoms with van der Waals surface area (Å²) in [4.78, 5) is 17.2. The molecule has 0 atom stereocenters. The molecule has 143 valence electrons. The van der Waals surface area contributed by atoms with E-state index in [4.69, 9.17) is 9.90 Å². The Labute approximate surface area is 166 Å². The Morgan fingerprint density at radius 2 is 1.19 bits per heavy atom. The normalized spacial score (nSPS) is 10.3. The van der Waals surface area contributed by atoms with Gasteiger partial charge in [-0.15, -0.1) is 0 Å². The van der Waals surface area contributed by atoms with Crippen molar-refractivity contribution in [2.45, 2.75) is 6.92 Å². The number of hydrogen-bond acceptors (Lipinski definition) is 7. The second-order valence-corrected chi connectivity index (χ2v) is 5.08. The number of phenols is 4. The van der Waals surface area contributed by atoms with Gasteiger partial charge < -0.3 is 25.5 Å². The summed E-state index contributed by atoms with van der Waals surface area (Å²) in [5, 5.41) is 45.2. The van der Waals surface area contributed by atoms with Gasteiger partial charge in [-0.3, -0.25) is 14.8 Å². The quantitative estimate of drug-likeness (QED) is 0.219. The first-order chi connectivity index (χ1) is 12.3. The molecule has 1 radical (unpaired) electrons. The molecule has 0 aliphatic rings.